The van der Waals surface area contributed by atoms with Crippen LogP contribution >= 0.6 is 15.9 Å². The van der Waals surface area contributed by atoms with Crippen LogP contribution in [0.2, 0.25) is 0 Å². The summed E-state index contributed by atoms with van der Waals surface area (Å²) >= 11 is 3.29. The normalized spacial score (nSPS) is 10.9. The number of carbonyl (C=O) groups is 2. The smallest absolute Gasteiger partial charge is 0.428 e. The van der Waals surface area contributed by atoms with E-state index >= 15 is 0 Å². The Labute approximate surface area is 154 Å². The highest BCUT2D eigenvalue weighted by atomic mass is 79.9. The molecule has 1 aromatic carbocycles. The van der Waals surface area contributed by atoms with E-state index in [0.29, 0.717) is 16.6 Å². The number of aromatic nitrogens is 1. The third-order valence-corrected chi connectivity index (χ3v) is 3.48. The lowest BCUT2D eigenvalue weighted by atomic mass is 10.1. The van der Waals surface area contributed by atoms with Crippen molar-refractivity contribution in [1.82, 2.24) is 4.98 Å². The fraction of sp³-hybridized carbons (Fsp3) is 0.278. The van der Waals surface area contributed by atoms with Gasteiger partial charge in [0.1, 0.15) is 16.9 Å². The Bertz CT molecular complexity index is 756. The number of halogens is 1. The topological polar surface area (TPSA) is 74.7 Å². The van der Waals surface area contributed by atoms with Crippen molar-refractivity contribution >= 4 is 28.1 Å². The van der Waals surface area contributed by atoms with Crippen LogP contribution in [0.15, 0.2) is 42.7 Å². The molecule has 25 heavy (non-hydrogen) atoms. The minimum atomic E-state index is -0.921. The number of benzene rings is 1. The minimum Gasteiger partial charge on any atom is -0.428 e. The second kappa shape index (κ2) is 8.11. The highest BCUT2D eigenvalue weighted by molar-refractivity contribution is 9.08. The van der Waals surface area contributed by atoms with E-state index in [1.807, 2.05) is 6.07 Å². The number of nitrogens with zero attached hydrogens (tertiary/aromatic N) is 1. The monoisotopic (exact) mass is 407 g/mol. The van der Waals surface area contributed by atoms with E-state index < -0.39 is 17.7 Å². The second-order valence-electron chi connectivity index (χ2n) is 6.07. The van der Waals surface area contributed by atoms with Crippen LogP contribution in [-0.2, 0) is 10.1 Å². The van der Waals surface area contributed by atoms with E-state index in [1.165, 1.54) is 12.4 Å². The molecule has 7 heteroatoms. The number of pyridine rings is 1. The van der Waals surface area contributed by atoms with Crippen molar-refractivity contribution < 1.29 is 23.8 Å². The first kappa shape index (κ1) is 18.9. The van der Waals surface area contributed by atoms with Crippen molar-refractivity contribution in [1.29, 1.82) is 0 Å². The van der Waals surface area contributed by atoms with E-state index in [1.54, 1.807) is 45.0 Å². The maximum absolute atomic E-state index is 12.6. The highest BCUT2D eigenvalue weighted by Gasteiger charge is 2.24. The molecule has 0 radical (unpaired) electrons. The van der Waals surface area contributed by atoms with Gasteiger partial charge in [-0.25, -0.2) is 9.59 Å². The predicted octanol–water partition coefficient (Wildman–Crippen LogP) is 4.51. The standard InChI is InChI=1S/C18H18BrNO5/c1-18(2,3)25-17(22)24-14-11-20-10-12(9-19)15(14)16(21)23-13-7-5-4-6-8-13/h4-8,10-11H,9H2,1-3H3. The van der Waals surface area contributed by atoms with Gasteiger partial charge in [-0.2, -0.15) is 0 Å². The quantitative estimate of drug-likeness (QED) is 0.421. The molecule has 0 atom stereocenters. The fourth-order valence-corrected chi connectivity index (χ4v) is 2.33. The Morgan fingerprint density at radius 1 is 1.08 bits per heavy atom. The summed E-state index contributed by atoms with van der Waals surface area (Å²) in [6.45, 7) is 5.14. The Balaban J connectivity index is 2.29. The lowest BCUT2D eigenvalue weighted by Crippen LogP contribution is -2.26. The first-order chi connectivity index (χ1) is 11.8. The third-order valence-electron chi connectivity index (χ3n) is 2.87. The molecule has 6 nitrogen and oxygen atoms in total. The zero-order chi connectivity index (χ0) is 18.4. The van der Waals surface area contributed by atoms with Gasteiger partial charge in [0.2, 0.25) is 0 Å². The van der Waals surface area contributed by atoms with Crippen molar-refractivity contribution in [3.8, 4) is 11.5 Å². The summed E-state index contributed by atoms with van der Waals surface area (Å²) in [6, 6.07) is 8.62. The first-order valence-corrected chi connectivity index (χ1v) is 8.63. The molecule has 2 aromatic rings. The van der Waals surface area contributed by atoms with Crippen molar-refractivity contribution in [2.75, 3.05) is 0 Å². The van der Waals surface area contributed by atoms with Gasteiger partial charge in [-0.15, -0.1) is 0 Å². The Morgan fingerprint density at radius 2 is 1.76 bits per heavy atom. The number of hydrogen-bond acceptors (Lipinski definition) is 6. The maximum atomic E-state index is 12.6. The van der Waals surface area contributed by atoms with Gasteiger partial charge in [0.25, 0.3) is 0 Å². The molecule has 1 aromatic heterocycles. The molecule has 1 heterocycles. The van der Waals surface area contributed by atoms with Crippen LogP contribution in [0.4, 0.5) is 4.79 Å². The van der Waals surface area contributed by atoms with Gasteiger partial charge in [0, 0.05) is 11.5 Å². The molecule has 0 unspecified atom stereocenters. The zero-order valence-corrected chi connectivity index (χ0v) is 15.7. The summed E-state index contributed by atoms with van der Waals surface area (Å²) in [5, 5.41) is 0.338. The first-order valence-electron chi connectivity index (χ1n) is 7.51. The number of carbonyl (C=O) groups excluding carboxylic acids is 2. The van der Waals surface area contributed by atoms with Crippen LogP contribution in [-0.4, -0.2) is 22.7 Å². The summed E-state index contributed by atoms with van der Waals surface area (Å²) in [6.07, 6.45) is 1.85. The van der Waals surface area contributed by atoms with Gasteiger partial charge < -0.3 is 14.2 Å². The molecular formula is C18H18BrNO5. The van der Waals surface area contributed by atoms with Crippen LogP contribution in [0.25, 0.3) is 0 Å². The van der Waals surface area contributed by atoms with E-state index in [4.69, 9.17) is 14.2 Å². The Hall–Kier alpha value is -2.41. The number of alkyl halides is 1. The Morgan fingerprint density at radius 3 is 2.36 bits per heavy atom. The van der Waals surface area contributed by atoms with Gasteiger partial charge in [-0.05, 0) is 38.5 Å². The van der Waals surface area contributed by atoms with Crippen molar-refractivity contribution in [3.05, 3.63) is 53.9 Å². The number of hydrogen-bond donors (Lipinski definition) is 0. The lowest BCUT2D eigenvalue weighted by Gasteiger charge is -2.19. The van der Waals surface area contributed by atoms with Crippen LogP contribution in [0, 0.1) is 0 Å². The highest BCUT2D eigenvalue weighted by Crippen LogP contribution is 2.26. The molecule has 0 aliphatic rings. The molecule has 132 valence electrons. The van der Waals surface area contributed by atoms with E-state index in [2.05, 4.69) is 20.9 Å². The van der Waals surface area contributed by atoms with E-state index in [-0.39, 0.29) is 11.3 Å². The fourth-order valence-electron chi connectivity index (χ4n) is 1.90. The molecule has 0 aliphatic carbocycles. The number of ether oxygens (including phenoxy) is 3. The number of para-hydroxylation sites is 1. The molecule has 0 bridgehead atoms. The molecule has 2 rings (SSSR count). The Kier molecular flexibility index (Phi) is 6.14. The summed E-state index contributed by atoms with van der Waals surface area (Å²) < 4.78 is 15.6. The average Bonchev–Trinajstić information content (AvgIpc) is 2.53. The molecule has 0 amide bonds. The SMILES string of the molecule is CC(C)(C)OC(=O)Oc1cncc(CBr)c1C(=O)Oc1ccccc1. The van der Waals surface area contributed by atoms with Gasteiger partial charge in [-0.1, -0.05) is 34.1 Å². The number of esters is 1. The van der Waals surface area contributed by atoms with Gasteiger partial charge in [0.05, 0.1) is 6.20 Å². The molecule has 0 spiro atoms. The van der Waals surface area contributed by atoms with Gasteiger partial charge in [-0.3, -0.25) is 4.98 Å². The third kappa shape index (κ3) is 5.56. The average molecular weight is 408 g/mol. The van der Waals surface area contributed by atoms with Crippen LogP contribution < -0.4 is 9.47 Å². The lowest BCUT2D eigenvalue weighted by molar-refractivity contribution is 0.0203. The zero-order valence-electron chi connectivity index (χ0n) is 14.1. The summed E-state index contributed by atoms with van der Waals surface area (Å²) in [4.78, 5) is 28.5. The van der Waals surface area contributed by atoms with Crippen molar-refractivity contribution in [2.24, 2.45) is 0 Å². The van der Waals surface area contributed by atoms with Gasteiger partial charge in [0.15, 0.2) is 5.75 Å². The maximum Gasteiger partial charge on any atom is 0.514 e. The minimum absolute atomic E-state index is 0.0212. The molecule has 0 saturated carbocycles. The summed E-state index contributed by atoms with van der Waals surface area (Å²) in [7, 11) is 0. The largest absolute Gasteiger partial charge is 0.514 e. The van der Waals surface area contributed by atoms with E-state index in [9.17, 15) is 9.59 Å². The molecule has 0 fully saturated rings. The van der Waals surface area contributed by atoms with Crippen molar-refractivity contribution in [3.63, 3.8) is 0 Å². The van der Waals surface area contributed by atoms with E-state index in [0.717, 1.165) is 0 Å². The van der Waals surface area contributed by atoms with Crippen LogP contribution in [0.3, 0.4) is 0 Å². The molecule has 0 aliphatic heterocycles. The summed E-state index contributed by atoms with van der Waals surface area (Å²) in [5.74, 6) is -0.290. The molecular weight excluding hydrogens is 390 g/mol. The van der Waals surface area contributed by atoms with Crippen molar-refractivity contribution in [2.45, 2.75) is 31.7 Å². The van der Waals surface area contributed by atoms with Crippen LogP contribution in [0.5, 0.6) is 11.5 Å². The summed E-state index contributed by atoms with van der Waals surface area (Å²) in [5.41, 5.74) is -0.0778. The van der Waals surface area contributed by atoms with Crippen LogP contribution in [0.1, 0.15) is 36.7 Å². The second-order valence-corrected chi connectivity index (χ2v) is 6.64. The number of rotatable bonds is 4. The molecule has 0 N–H and O–H groups in total. The predicted molar refractivity (Wildman–Crippen MR) is 95.1 cm³/mol. The molecule has 0 saturated heterocycles. The van der Waals surface area contributed by atoms with Gasteiger partial charge >= 0.3 is 12.1 Å².